The summed E-state index contributed by atoms with van der Waals surface area (Å²) >= 11 is 3.89. The third-order valence-corrected chi connectivity index (χ3v) is 17.3. The van der Waals surface area contributed by atoms with Crippen molar-refractivity contribution in [3.05, 3.63) is 121 Å². The molecule has 9 aromatic rings. The highest BCUT2D eigenvalue weighted by Gasteiger charge is 2.34. The molecule has 0 radical (unpaired) electrons. The summed E-state index contributed by atoms with van der Waals surface area (Å²) in [5, 5.41) is 36.2. The van der Waals surface area contributed by atoms with Gasteiger partial charge in [0.1, 0.15) is 5.75 Å². The molecule has 3 aliphatic heterocycles. The molecule has 3 N–H and O–H groups in total. The number of halogens is 3. The number of aromatic nitrogens is 12. The topological polar surface area (TPSA) is 283 Å². The average molecular weight is 1350 g/mol. The number of pyridine rings is 3. The molecule has 0 unspecified atom stereocenters. The van der Waals surface area contributed by atoms with Crippen molar-refractivity contribution in [3.8, 4) is 74.8 Å². The van der Waals surface area contributed by atoms with Crippen molar-refractivity contribution in [1.82, 2.24) is 59.2 Å². The molecule has 6 aromatic heterocycles. The Morgan fingerprint density at radius 3 is 1.37 bits per heavy atom. The molecular formula is C63H66F3N15O10S3. The third-order valence-electron chi connectivity index (χ3n) is 14.2. The number of hydrogen-bond acceptors (Lipinski definition) is 22. The fourth-order valence-corrected chi connectivity index (χ4v) is 12.1. The predicted octanol–water partition coefficient (Wildman–Crippen LogP) is 12.4. The van der Waals surface area contributed by atoms with E-state index in [-0.39, 0.29) is 55.4 Å². The third kappa shape index (κ3) is 16.2. The number of fused-ring (bicyclic) bond motifs is 3. The number of alkyl halides is 3. The number of carbonyl (C=O) groups is 3. The van der Waals surface area contributed by atoms with Crippen LogP contribution in [-0.4, -0.2) is 120 Å². The first kappa shape index (κ1) is 67.3. The summed E-state index contributed by atoms with van der Waals surface area (Å²) < 4.78 is 78.1. The quantitative estimate of drug-likeness (QED) is 0.0564. The number of thioether (sulfide) groups is 3. The van der Waals surface area contributed by atoms with Crippen LogP contribution in [0.5, 0.6) is 40.6 Å². The van der Waals surface area contributed by atoms with E-state index in [1.165, 1.54) is 58.5 Å². The van der Waals surface area contributed by atoms with E-state index in [0.717, 1.165) is 34.6 Å². The Balaban J connectivity index is 0.000000154. The normalized spacial score (nSPS) is 12.7. The van der Waals surface area contributed by atoms with Crippen molar-refractivity contribution in [1.29, 1.82) is 0 Å². The number of hydrogen-bond donors (Lipinski definition) is 3. The van der Waals surface area contributed by atoms with Crippen molar-refractivity contribution in [2.45, 2.75) is 120 Å². The highest BCUT2D eigenvalue weighted by atomic mass is 32.2. The predicted molar refractivity (Wildman–Crippen MR) is 347 cm³/mol. The first-order valence-corrected chi connectivity index (χ1v) is 32.4. The number of nitrogens with one attached hydrogen (secondary N) is 3. The number of rotatable bonds is 21. The lowest BCUT2D eigenvalue weighted by Crippen LogP contribution is -2.34. The van der Waals surface area contributed by atoms with Crippen LogP contribution in [0.3, 0.4) is 0 Å². The van der Waals surface area contributed by atoms with Crippen molar-refractivity contribution in [3.63, 3.8) is 0 Å². The maximum atomic E-state index is 13.1. The van der Waals surface area contributed by atoms with Crippen molar-refractivity contribution >= 4 is 70.1 Å². The number of anilines is 3. The van der Waals surface area contributed by atoms with Crippen LogP contribution in [0.2, 0.25) is 0 Å². The van der Waals surface area contributed by atoms with Crippen LogP contribution >= 0.6 is 35.3 Å². The summed E-state index contributed by atoms with van der Waals surface area (Å²) in [4.78, 5) is 50.2. The standard InChI is InChI=1S/C23H27N5O3S.C21H23N5O3S.C19H16F3N5O4S/c1-6-28-19(17-11-12-24-20-18(17)30-13-31-20)26-27-22(28)32-23(4,5)21(29)25-16-9-7-15(8-10-16)14(2)3;1-4-26-19(16-8-9-22-20-18(16)28-12-29-20)24-25-21(26)30-11-17(27)23-15-7-5-6-14(10-15)13(2)3;1-2-27-16(13-7-8-23-17-15(13)29-10-30-17)25-26-18(27)32-9-14(28)24-11-3-5-12(6-4-11)31-19(20,21)22/h7-12,14H,6,13H2,1-5H3,(H,25,29);5-10,13H,4,11-12H2,1-3H3,(H,23,27);3-8H,2,9-10H2,1H3,(H,24,28). The van der Waals surface area contributed by atoms with Gasteiger partial charge >= 0.3 is 6.36 Å². The fraction of sp³-hybridized carbons (Fsp3) is 0.333. The van der Waals surface area contributed by atoms with Gasteiger partial charge in [-0.05, 0) is 124 Å². The zero-order valence-corrected chi connectivity index (χ0v) is 55.0. The van der Waals surface area contributed by atoms with E-state index in [2.05, 4.69) is 100.0 Å². The second-order valence-corrected chi connectivity index (χ2v) is 25.2. The van der Waals surface area contributed by atoms with Crippen LogP contribution in [0.15, 0.2) is 125 Å². The Labute approximate surface area is 551 Å². The average Bonchev–Trinajstić information content (AvgIpc) is 1.66. The molecule has 0 bridgehead atoms. The Hall–Kier alpha value is -9.62. The molecule has 12 rings (SSSR count). The minimum absolute atomic E-state index is 0.0208. The smallest absolute Gasteiger partial charge is 0.451 e. The summed E-state index contributed by atoms with van der Waals surface area (Å²) in [5.41, 5.74) is 6.55. The van der Waals surface area contributed by atoms with Crippen LogP contribution in [-0.2, 0) is 34.0 Å². The van der Waals surface area contributed by atoms with Gasteiger partial charge in [0.2, 0.25) is 38.1 Å². The van der Waals surface area contributed by atoms with E-state index in [0.29, 0.717) is 111 Å². The summed E-state index contributed by atoms with van der Waals surface area (Å²) in [6.07, 6.45) is 0.128. The molecule has 0 spiro atoms. The lowest BCUT2D eigenvalue weighted by Gasteiger charge is -2.23. The molecule has 0 saturated carbocycles. The molecule has 0 atom stereocenters. The van der Waals surface area contributed by atoms with Crippen LogP contribution in [0.1, 0.15) is 85.3 Å². The largest absolute Gasteiger partial charge is 0.573 e. The Morgan fingerprint density at radius 1 is 0.521 bits per heavy atom. The number of benzene rings is 3. The van der Waals surface area contributed by atoms with Gasteiger partial charge in [-0.1, -0.05) is 87.2 Å². The molecule has 0 fully saturated rings. The van der Waals surface area contributed by atoms with Crippen LogP contribution < -0.4 is 49.1 Å². The Kier molecular flexibility index (Phi) is 21.5. The van der Waals surface area contributed by atoms with Gasteiger partial charge in [0.05, 0.1) is 32.9 Å². The molecule has 0 saturated heterocycles. The van der Waals surface area contributed by atoms with E-state index < -0.39 is 11.1 Å². The van der Waals surface area contributed by atoms with Gasteiger partial charge in [-0.25, -0.2) is 15.0 Å². The second-order valence-electron chi connectivity index (χ2n) is 21.7. The molecular weight excluding hydrogens is 1280 g/mol. The van der Waals surface area contributed by atoms with E-state index in [1.54, 1.807) is 24.7 Å². The minimum Gasteiger partial charge on any atom is -0.451 e. The summed E-state index contributed by atoms with van der Waals surface area (Å²) in [5.74, 6) is 4.96. The van der Waals surface area contributed by atoms with E-state index in [4.69, 9.17) is 28.4 Å². The van der Waals surface area contributed by atoms with Crippen LogP contribution in [0.4, 0.5) is 30.2 Å². The van der Waals surface area contributed by atoms with Crippen LogP contribution in [0.25, 0.3) is 34.2 Å². The molecule has 0 aliphatic carbocycles. The van der Waals surface area contributed by atoms with Gasteiger partial charge in [0.15, 0.2) is 50.2 Å². The van der Waals surface area contributed by atoms with E-state index in [1.807, 2.05) is 103 Å². The highest BCUT2D eigenvalue weighted by molar-refractivity contribution is 8.01. The van der Waals surface area contributed by atoms with Gasteiger partial charge in [0.25, 0.3) is 17.6 Å². The van der Waals surface area contributed by atoms with Gasteiger partial charge in [-0.2, -0.15) is 0 Å². The fourth-order valence-electron chi connectivity index (χ4n) is 9.46. The van der Waals surface area contributed by atoms with E-state index in [9.17, 15) is 27.6 Å². The molecule has 3 aliphatic rings. The molecule has 94 heavy (non-hydrogen) atoms. The molecule has 3 aromatic carbocycles. The van der Waals surface area contributed by atoms with Crippen molar-refractivity contribution in [2.24, 2.45) is 0 Å². The van der Waals surface area contributed by atoms with Gasteiger partial charge in [-0.15, -0.1) is 43.8 Å². The SMILES string of the molecule is CCn1c(SC(C)(C)C(=O)Nc2ccc(C(C)C)cc2)nnc1-c1ccnc2c1OCO2.CCn1c(SCC(=O)Nc2ccc(OC(F)(F)F)cc2)nnc1-c1ccnc2c1OCO2.CCn1c(SCC(=O)Nc2cccc(C(C)C)c2)nnc1-c1ccnc2c1OCO2. The number of ether oxygens (including phenoxy) is 7. The van der Waals surface area contributed by atoms with E-state index >= 15 is 0 Å². The zero-order valence-electron chi connectivity index (χ0n) is 52.5. The first-order chi connectivity index (χ1) is 45.2. The van der Waals surface area contributed by atoms with Gasteiger partial charge in [0, 0.05) is 55.3 Å². The number of carbonyl (C=O) groups excluding carboxylic acids is 3. The number of nitrogens with zero attached hydrogens (tertiary/aromatic N) is 12. The number of amides is 3. The Bertz CT molecular complexity index is 4150. The van der Waals surface area contributed by atoms with Gasteiger partial charge < -0.3 is 62.8 Å². The Morgan fingerprint density at radius 2 is 0.936 bits per heavy atom. The van der Waals surface area contributed by atoms with Crippen molar-refractivity contribution in [2.75, 3.05) is 47.8 Å². The maximum Gasteiger partial charge on any atom is 0.573 e. The van der Waals surface area contributed by atoms with Crippen LogP contribution in [0, 0.1) is 0 Å². The summed E-state index contributed by atoms with van der Waals surface area (Å²) in [6.45, 7) is 20.4. The van der Waals surface area contributed by atoms with Gasteiger partial charge in [-0.3, -0.25) is 14.4 Å². The monoisotopic (exact) mass is 1350 g/mol. The minimum atomic E-state index is -4.77. The molecule has 9 heterocycles. The lowest BCUT2D eigenvalue weighted by molar-refractivity contribution is -0.274. The molecule has 3 amide bonds. The zero-order chi connectivity index (χ0) is 66.7. The lowest BCUT2D eigenvalue weighted by atomic mass is 10.0. The first-order valence-electron chi connectivity index (χ1n) is 29.7. The summed E-state index contributed by atoms with van der Waals surface area (Å²) in [6, 6.07) is 26.2. The molecule has 31 heteroatoms. The summed E-state index contributed by atoms with van der Waals surface area (Å²) in [7, 11) is 0. The maximum absolute atomic E-state index is 13.1. The van der Waals surface area contributed by atoms with Crippen molar-refractivity contribution < 1.29 is 60.7 Å². The second kappa shape index (κ2) is 30.0. The highest BCUT2D eigenvalue weighted by Crippen LogP contribution is 2.43. The molecule has 25 nitrogen and oxygen atoms in total. The molecule has 492 valence electrons.